The van der Waals surface area contributed by atoms with Crippen molar-refractivity contribution in [2.45, 2.75) is 43.4 Å². The number of fused-ring (bicyclic) bond motifs is 1. The Labute approximate surface area is 124 Å². The van der Waals surface area contributed by atoms with E-state index in [9.17, 15) is 13.2 Å². The van der Waals surface area contributed by atoms with Crippen molar-refractivity contribution in [3.05, 3.63) is 0 Å². The number of thioether (sulfide) groups is 1. The number of nitrogens with zero attached hydrogens (tertiary/aromatic N) is 2. The lowest BCUT2D eigenvalue weighted by atomic mass is 9.89. The monoisotopic (exact) mass is 316 g/mol. The van der Waals surface area contributed by atoms with Gasteiger partial charge < -0.3 is 4.90 Å². The summed E-state index contributed by atoms with van der Waals surface area (Å²) in [4.78, 5) is 18.4. The third-order valence-electron chi connectivity index (χ3n) is 4.49. The molecule has 2 atom stereocenters. The van der Waals surface area contributed by atoms with Gasteiger partial charge in [-0.3, -0.25) is 4.79 Å². The molecule has 0 bridgehead atoms. The molecule has 3 aliphatic rings. The molecular weight excluding hydrogens is 296 g/mol. The van der Waals surface area contributed by atoms with Crippen LogP contribution in [-0.2, 0) is 14.6 Å². The third kappa shape index (κ3) is 2.74. The number of sulfone groups is 1. The molecular formula is C13H20N2O3S2. The highest BCUT2D eigenvalue weighted by atomic mass is 32.2. The number of hydrogen-bond donors (Lipinski definition) is 0. The molecule has 1 saturated carbocycles. The fraction of sp³-hybridized carbons (Fsp3) is 0.846. The van der Waals surface area contributed by atoms with Gasteiger partial charge in [0.05, 0.1) is 17.5 Å². The van der Waals surface area contributed by atoms with Crippen molar-refractivity contribution < 1.29 is 13.2 Å². The van der Waals surface area contributed by atoms with Crippen LogP contribution in [0.5, 0.6) is 0 Å². The minimum atomic E-state index is -2.91. The number of amidine groups is 1. The van der Waals surface area contributed by atoms with E-state index in [0.29, 0.717) is 5.17 Å². The summed E-state index contributed by atoms with van der Waals surface area (Å²) in [5.74, 6) is 0.470. The van der Waals surface area contributed by atoms with Crippen LogP contribution in [0.1, 0.15) is 32.1 Å². The molecule has 0 aromatic heterocycles. The van der Waals surface area contributed by atoms with Crippen LogP contribution < -0.4 is 0 Å². The summed E-state index contributed by atoms with van der Waals surface area (Å²) in [7, 11) is -1.06. The van der Waals surface area contributed by atoms with Crippen molar-refractivity contribution >= 4 is 32.7 Å². The number of carbonyl (C=O) groups excluding carboxylic acids is 1. The molecule has 2 saturated heterocycles. The average molecular weight is 316 g/mol. The molecule has 2 unspecified atom stereocenters. The van der Waals surface area contributed by atoms with Crippen LogP contribution in [0.2, 0.25) is 0 Å². The molecule has 1 amide bonds. The fourth-order valence-electron chi connectivity index (χ4n) is 3.27. The van der Waals surface area contributed by atoms with Crippen LogP contribution in [-0.4, -0.2) is 54.2 Å². The number of amides is 1. The molecule has 112 valence electrons. The number of rotatable bonds is 1. The number of hydrogen-bond acceptors (Lipinski definition) is 4. The van der Waals surface area contributed by atoms with Gasteiger partial charge in [-0.05, 0) is 12.8 Å². The first kappa shape index (κ1) is 14.4. The summed E-state index contributed by atoms with van der Waals surface area (Å²) in [5.41, 5.74) is 0. The predicted octanol–water partition coefficient (Wildman–Crippen LogP) is 1.29. The Bertz CT molecular complexity index is 538. The SMILES string of the molecule is CN1C(=NC(=O)C2CCCCC2)SC2CS(=O)(=O)CC21. The van der Waals surface area contributed by atoms with Crippen LogP contribution in [0.15, 0.2) is 4.99 Å². The molecule has 0 radical (unpaired) electrons. The Morgan fingerprint density at radius 1 is 1.25 bits per heavy atom. The molecule has 2 heterocycles. The second kappa shape index (κ2) is 5.33. The van der Waals surface area contributed by atoms with Gasteiger partial charge in [-0.2, -0.15) is 4.99 Å². The van der Waals surface area contributed by atoms with E-state index in [4.69, 9.17) is 0 Å². The second-order valence-electron chi connectivity index (χ2n) is 5.98. The molecule has 1 aliphatic carbocycles. The topological polar surface area (TPSA) is 66.8 Å². The molecule has 0 N–H and O–H groups in total. The summed E-state index contributed by atoms with van der Waals surface area (Å²) < 4.78 is 23.2. The molecule has 2 aliphatic heterocycles. The van der Waals surface area contributed by atoms with Crippen LogP contribution >= 0.6 is 11.8 Å². The van der Waals surface area contributed by atoms with E-state index in [1.54, 1.807) is 0 Å². The lowest BCUT2D eigenvalue weighted by Crippen LogP contribution is -2.34. The highest BCUT2D eigenvalue weighted by molar-refractivity contribution is 8.15. The standard InChI is InChI=1S/C13H20N2O3S2/c1-15-10-7-20(17,18)8-11(10)19-13(15)14-12(16)9-5-3-2-4-6-9/h9-11H,2-8H2,1H3. The third-order valence-corrected chi connectivity index (χ3v) is 7.79. The minimum Gasteiger partial charge on any atom is -0.349 e. The van der Waals surface area contributed by atoms with Crippen molar-refractivity contribution in [2.24, 2.45) is 10.9 Å². The summed E-state index contributed by atoms with van der Waals surface area (Å²) in [6.45, 7) is 0. The zero-order valence-electron chi connectivity index (χ0n) is 11.6. The maximum Gasteiger partial charge on any atom is 0.251 e. The second-order valence-corrected chi connectivity index (χ2v) is 9.34. The Kier molecular flexibility index (Phi) is 3.83. The van der Waals surface area contributed by atoms with Gasteiger partial charge in [-0.1, -0.05) is 31.0 Å². The van der Waals surface area contributed by atoms with Crippen molar-refractivity contribution in [3.8, 4) is 0 Å². The van der Waals surface area contributed by atoms with E-state index in [-0.39, 0.29) is 34.6 Å². The van der Waals surface area contributed by atoms with Crippen molar-refractivity contribution in [2.75, 3.05) is 18.6 Å². The maximum atomic E-state index is 12.2. The molecule has 0 spiro atoms. The summed E-state index contributed by atoms with van der Waals surface area (Å²) in [6, 6.07) is -0.0112. The molecule has 20 heavy (non-hydrogen) atoms. The van der Waals surface area contributed by atoms with Gasteiger partial charge in [-0.25, -0.2) is 8.42 Å². The van der Waals surface area contributed by atoms with Gasteiger partial charge in [0.1, 0.15) is 0 Å². The maximum absolute atomic E-state index is 12.2. The van der Waals surface area contributed by atoms with Gasteiger partial charge in [0.25, 0.3) is 5.91 Å². The Morgan fingerprint density at radius 2 is 1.95 bits per heavy atom. The van der Waals surface area contributed by atoms with Crippen LogP contribution in [0.25, 0.3) is 0 Å². The van der Waals surface area contributed by atoms with E-state index < -0.39 is 9.84 Å². The highest BCUT2D eigenvalue weighted by Crippen LogP contribution is 2.37. The minimum absolute atomic E-state index is 0.0112. The van der Waals surface area contributed by atoms with E-state index in [0.717, 1.165) is 25.7 Å². The quantitative estimate of drug-likeness (QED) is 0.729. The first-order valence-electron chi connectivity index (χ1n) is 7.19. The van der Waals surface area contributed by atoms with Crippen LogP contribution in [0.4, 0.5) is 0 Å². The Morgan fingerprint density at radius 3 is 2.60 bits per heavy atom. The first-order valence-corrected chi connectivity index (χ1v) is 9.89. The first-order chi connectivity index (χ1) is 9.46. The summed E-state index contributed by atoms with van der Waals surface area (Å²) in [6.07, 6.45) is 5.36. The van der Waals surface area contributed by atoms with Gasteiger partial charge in [-0.15, -0.1) is 0 Å². The zero-order chi connectivity index (χ0) is 14.3. The van der Waals surface area contributed by atoms with Gasteiger partial charge in [0.15, 0.2) is 15.0 Å². The van der Waals surface area contributed by atoms with E-state index in [2.05, 4.69) is 4.99 Å². The molecule has 5 nitrogen and oxygen atoms in total. The van der Waals surface area contributed by atoms with Crippen LogP contribution in [0, 0.1) is 5.92 Å². The largest absolute Gasteiger partial charge is 0.349 e. The average Bonchev–Trinajstić information content (AvgIpc) is 2.85. The van der Waals surface area contributed by atoms with Crippen molar-refractivity contribution in [1.29, 1.82) is 0 Å². The predicted molar refractivity (Wildman–Crippen MR) is 80.6 cm³/mol. The Balaban J connectivity index is 1.70. The van der Waals surface area contributed by atoms with Gasteiger partial charge >= 0.3 is 0 Å². The number of aliphatic imine (C=N–C) groups is 1. The van der Waals surface area contributed by atoms with Gasteiger partial charge in [0.2, 0.25) is 0 Å². The lowest BCUT2D eigenvalue weighted by molar-refractivity contribution is -0.122. The molecule has 7 heteroatoms. The molecule has 3 rings (SSSR count). The van der Waals surface area contributed by atoms with E-state index >= 15 is 0 Å². The molecule has 3 fully saturated rings. The summed E-state index contributed by atoms with van der Waals surface area (Å²) in [5, 5.41) is 0.758. The van der Waals surface area contributed by atoms with E-state index in [1.807, 2.05) is 11.9 Å². The Hall–Kier alpha value is -0.560. The molecule has 0 aromatic carbocycles. The fourth-order valence-corrected chi connectivity index (χ4v) is 7.27. The molecule has 0 aromatic rings. The lowest BCUT2D eigenvalue weighted by Gasteiger charge is -2.20. The van der Waals surface area contributed by atoms with Crippen LogP contribution in [0.3, 0.4) is 0 Å². The smallest absolute Gasteiger partial charge is 0.251 e. The normalized spacial score (nSPS) is 35.5. The summed E-state index contributed by atoms with van der Waals surface area (Å²) >= 11 is 1.46. The zero-order valence-corrected chi connectivity index (χ0v) is 13.3. The van der Waals surface area contributed by atoms with Gasteiger partial charge in [0, 0.05) is 18.2 Å². The van der Waals surface area contributed by atoms with Crippen molar-refractivity contribution in [1.82, 2.24) is 4.90 Å². The number of carbonyl (C=O) groups is 1. The van der Waals surface area contributed by atoms with Crippen molar-refractivity contribution in [3.63, 3.8) is 0 Å². The highest BCUT2D eigenvalue weighted by Gasteiger charge is 2.47. The van der Waals surface area contributed by atoms with E-state index in [1.165, 1.54) is 18.2 Å².